The van der Waals surface area contributed by atoms with Gasteiger partial charge in [0.15, 0.2) is 0 Å². The molecule has 21 heavy (non-hydrogen) atoms. The van der Waals surface area contributed by atoms with Crippen molar-refractivity contribution in [3.8, 4) is 0 Å². The molecule has 7 nitrogen and oxygen atoms in total. The minimum absolute atomic E-state index is 0.0761. The van der Waals surface area contributed by atoms with Crippen molar-refractivity contribution < 1.29 is 4.79 Å². The van der Waals surface area contributed by atoms with E-state index in [4.69, 9.17) is 5.73 Å². The molecule has 0 unspecified atom stereocenters. The summed E-state index contributed by atoms with van der Waals surface area (Å²) in [5.41, 5.74) is 6.36. The minimum Gasteiger partial charge on any atom is -0.326 e. The predicted octanol–water partition coefficient (Wildman–Crippen LogP) is 0.0241. The Hall–Kier alpha value is -2.67. The number of carbonyl (C=O) groups excluding carboxylic acids is 1. The van der Waals surface area contributed by atoms with Crippen molar-refractivity contribution in [2.24, 2.45) is 5.73 Å². The zero-order chi connectivity index (χ0) is 15.2. The summed E-state index contributed by atoms with van der Waals surface area (Å²) < 4.78 is 1.11. The third kappa shape index (κ3) is 4.15. The second kappa shape index (κ2) is 6.67. The van der Waals surface area contributed by atoms with Crippen LogP contribution in [0.25, 0.3) is 0 Å². The number of aromatic nitrogens is 2. The van der Waals surface area contributed by atoms with Crippen molar-refractivity contribution >= 4 is 11.6 Å². The summed E-state index contributed by atoms with van der Waals surface area (Å²) in [4.78, 5) is 34.4. The standard InChI is InChI=1S/C14H16N4O3/c15-9-10-2-1-3-11(8-10)16-12(19)6-7-18-14(21)5-4-13(20)17-18/h1-5,8H,6-7,9,15H2,(H,16,19)(H,17,20). The third-order valence-corrected chi connectivity index (χ3v) is 2.90. The second-order valence-corrected chi connectivity index (χ2v) is 4.50. The largest absolute Gasteiger partial charge is 0.326 e. The van der Waals surface area contributed by atoms with Crippen LogP contribution < -0.4 is 22.2 Å². The van der Waals surface area contributed by atoms with Crippen LogP contribution in [0.4, 0.5) is 5.69 Å². The molecule has 0 aliphatic heterocycles. The molecule has 1 heterocycles. The topological polar surface area (TPSA) is 110 Å². The van der Waals surface area contributed by atoms with Crippen LogP contribution in [0.5, 0.6) is 0 Å². The zero-order valence-corrected chi connectivity index (χ0v) is 11.3. The van der Waals surface area contributed by atoms with Crippen molar-refractivity contribution in [3.05, 3.63) is 62.7 Å². The number of aryl methyl sites for hydroxylation is 1. The Bertz CT molecular complexity index is 748. The van der Waals surface area contributed by atoms with Crippen LogP contribution in [0, 0.1) is 0 Å². The summed E-state index contributed by atoms with van der Waals surface area (Å²) in [5, 5.41) is 5.08. The lowest BCUT2D eigenvalue weighted by Crippen LogP contribution is -2.29. The number of rotatable bonds is 5. The lowest BCUT2D eigenvalue weighted by atomic mass is 10.2. The number of nitrogens with one attached hydrogen (secondary N) is 2. The van der Waals surface area contributed by atoms with Crippen molar-refractivity contribution in [3.63, 3.8) is 0 Å². The van der Waals surface area contributed by atoms with Crippen LogP contribution in [0.3, 0.4) is 0 Å². The Balaban J connectivity index is 1.97. The highest BCUT2D eigenvalue weighted by molar-refractivity contribution is 5.90. The number of hydrogen-bond donors (Lipinski definition) is 3. The summed E-state index contributed by atoms with van der Waals surface area (Å²) in [5.74, 6) is -0.249. The third-order valence-electron chi connectivity index (χ3n) is 2.90. The molecule has 0 bridgehead atoms. The predicted molar refractivity (Wildman–Crippen MR) is 78.9 cm³/mol. The molecular formula is C14H16N4O3. The van der Waals surface area contributed by atoms with Gasteiger partial charge in [0.1, 0.15) is 0 Å². The molecule has 7 heteroatoms. The van der Waals surface area contributed by atoms with E-state index in [-0.39, 0.29) is 30.0 Å². The smallest absolute Gasteiger partial charge is 0.265 e. The lowest BCUT2D eigenvalue weighted by molar-refractivity contribution is -0.116. The first-order chi connectivity index (χ1) is 10.1. The lowest BCUT2D eigenvalue weighted by Gasteiger charge is -2.07. The highest BCUT2D eigenvalue weighted by Gasteiger charge is 2.05. The Morgan fingerprint density at radius 1 is 1.24 bits per heavy atom. The fraction of sp³-hybridized carbons (Fsp3) is 0.214. The van der Waals surface area contributed by atoms with E-state index >= 15 is 0 Å². The Labute approximate surface area is 120 Å². The molecule has 0 radical (unpaired) electrons. The van der Waals surface area contributed by atoms with E-state index in [9.17, 15) is 14.4 Å². The first-order valence-electron chi connectivity index (χ1n) is 6.47. The fourth-order valence-corrected chi connectivity index (χ4v) is 1.84. The normalized spacial score (nSPS) is 10.3. The maximum absolute atomic E-state index is 11.8. The maximum atomic E-state index is 11.8. The number of carbonyl (C=O) groups is 1. The van der Waals surface area contributed by atoms with Gasteiger partial charge in [0.05, 0.1) is 6.54 Å². The highest BCUT2D eigenvalue weighted by Crippen LogP contribution is 2.10. The number of nitrogens with zero attached hydrogens (tertiary/aromatic N) is 1. The van der Waals surface area contributed by atoms with E-state index in [0.717, 1.165) is 16.3 Å². The van der Waals surface area contributed by atoms with Crippen molar-refractivity contribution in [2.75, 3.05) is 5.32 Å². The second-order valence-electron chi connectivity index (χ2n) is 4.50. The number of anilines is 1. The van der Waals surface area contributed by atoms with Crippen LogP contribution in [0.2, 0.25) is 0 Å². The van der Waals surface area contributed by atoms with Crippen LogP contribution in [0.1, 0.15) is 12.0 Å². The van der Waals surface area contributed by atoms with Gasteiger partial charge in [0.2, 0.25) is 5.91 Å². The number of benzene rings is 1. The average molecular weight is 288 g/mol. The van der Waals surface area contributed by atoms with E-state index in [2.05, 4.69) is 10.4 Å². The molecule has 0 aliphatic carbocycles. The summed E-state index contributed by atoms with van der Waals surface area (Å²) in [7, 11) is 0. The van der Waals surface area contributed by atoms with E-state index in [1.807, 2.05) is 6.07 Å². The molecule has 0 atom stereocenters. The van der Waals surface area contributed by atoms with Gasteiger partial charge in [-0.05, 0) is 17.7 Å². The van der Waals surface area contributed by atoms with Crippen LogP contribution in [-0.4, -0.2) is 15.7 Å². The molecule has 0 aliphatic rings. The Morgan fingerprint density at radius 3 is 2.81 bits per heavy atom. The number of H-pyrrole nitrogens is 1. The van der Waals surface area contributed by atoms with E-state index in [1.54, 1.807) is 18.2 Å². The van der Waals surface area contributed by atoms with Gasteiger partial charge in [0, 0.05) is 30.8 Å². The van der Waals surface area contributed by atoms with Gasteiger partial charge in [-0.2, -0.15) is 0 Å². The average Bonchev–Trinajstić information content (AvgIpc) is 2.48. The fourth-order valence-electron chi connectivity index (χ4n) is 1.84. The number of hydrogen-bond acceptors (Lipinski definition) is 4. The van der Waals surface area contributed by atoms with Gasteiger partial charge in [-0.3, -0.25) is 19.5 Å². The molecule has 0 saturated carbocycles. The van der Waals surface area contributed by atoms with Gasteiger partial charge in [0.25, 0.3) is 11.1 Å². The number of nitrogens with two attached hydrogens (primary N) is 1. The quantitative estimate of drug-likeness (QED) is 0.720. The van der Waals surface area contributed by atoms with Crippen molar-refractivity contribution in [1.82, 2.24) is 9.78 Å². The molecule has 2 aromatic rings. The van der Waals surface area contributed by atoms with Crippen molar-refractivity contribution in [2.45, 2.75) is 19.5 Å². The summed E-state index contributed by atoms with van der Waals surface area (Å²) in [6, 6.07) is 9.53. The van der Waals surface area contributed by atoms with Gasteiger partial charge < -0.3 is 11.1 Å². The summed E-state index contributed by atoms with van der Waals surface area (Å²) in [6.07, 6.45) is 0.0761. The van der Waals surface area contributed by atoms with E-state index in [1.165, 1.54) is 6.07 Å². The SMILES string of the molecule is NCc1cccc(NC(=O)CCn2[nH]c(=O)ccc2=O)c1. The van der Waals surface area contributed by atoms with E-state index in [0.29, 0.717) is 12.2 Å². The summed E-state index contributed by atoms with van der Waals surface area (Å²) in [6.45, 7) is 0.502. The Kier molecular flexibility index (Phi) is 4.68. The first-order valence-corrected chi connectivity index (χ1v) is 6.47. The molecule has 0 fully saturated rings. The number of aromatic amines is 1. The van der Waals surface area contributed by atoms with Gasteiger partial charge in [-0.15, -0.1) is 0 Å². The highest BCUT2D eigenvalue weighted by atomic mass is 16.2. The molecular weight excluding hydrogens is 272 g/mol. The molecule has 4 N–H and O–H groups in total. The monoisotopic (exact) mass is 288 g/mol. The minimum atomic E-state index is -0.384. The van der Waals surface area contributed by atoms with Gasteiger partial charge in [-0.1, -0.05) is 12.1 Å². The number of amides is 1. The van der Waals surface area contributed by atoms with E-state index < -0.39 is 0 Å². The van der Waals surface area contributed by atoms with Gasteiger partial charge >= 0.3 is 0 Å². The molecule has 0 saturated heterocycles. The molecule has 0 spiro atoms. The van der Waals surface area contributed by atoms with Crippen molar-refractivity contribution in [1.29, 1.82) is 0 Å². The van der Waals surface area contributed by atoms with Crippen LogP contribution in [0.15, 0.2) is 46.0 Å². The first kappa shape index (κ1) is 14.7. The molecule has 1 amide bonds. The van der Waals surface area contributed by atoms with Crippen LogP contribution in [-0.2, 0) is 17.9 Å². The molecule has 110 valence electrons. The Morgan fingerprint density at radius 2 is 2.05 bits per heavy atom. The van der Waals surface area contributed by atoms with Crippen LogP contribution >= 0.6 is 0 Å². The molecule has 1 aromatic carbocycles. The van der Waals surface area contributed by atoms with Gasteiger partial charge in [-0.25, -0.2) is 4.68 Å². The molecule has 2 rings (SSSR count). The maximum Gasteiger partial charge on any atom is 0.265 e. The molecule has 1 aromatic heterocycles. The zero-order valence-electron chi connectivity index (χ0n) is 11.3. The summed E-state index contributed by atoms with van der Waals surface area (Å²) >= 11 is 0.